The van der Waals surface area contributed by atoms with Crippen LogP contribution in [0.1, 0.15) is 118 Å². The van der Waals surface area contributed by atoms with Crippen molar-refractivity contribution >= 4 is 225 Å². The van der Waals surface area contributed by atoms with Gasteiger partial charge in [-0.05, 0) is 287 Å². The van der Waals surface area contributed by atoms with Gasteiger partial charge in [-0.2, -0.15) is 0 Å². The van der Waals surface area contributed by atoms with Crippen LogP contribution >= 0.6 is 0 Å². The normalized spacial score (nSPS) is 33.4. The molecule has 1 saturated carbocycles. The maximum absolute atomic E-state index is 19.2. The number of hydrogen-bond acceptors (Lipinski definition) is 11. The van der Waals surface area contributed by atoms with Crippen LogP contribution in [0.2, 0.25) is 19.6 Å². The molecule has 8 atom stereocenters. The summed E-state index contributed by atoms with van der Waals surface area (Å²) in [6.07, 6.45) is 0. The summed E-state index contributed by atoms with van der Waals surface area (Å²) >= 11 is 0. The van der Waals surface area contributed by atoms with Gasteiger partial charge in [-0.3, -0.25) is 9.59 Å². The molecule has 0 radical (unpaired) electrons. The van der Waals surface area contributed by atoms with Gasteiger partial charge in [-0.15, -0.1) is 0 Å². The van der Waals surface area contributed by atoms with Crippen molar-refractivity contribution in [1.82, 2.24) is 0 Å². The summed E-state index contributed by atoms with van der Waals surface area (Å²) in [5, 5.41) is 47.1. The minimum Gasteiger partial charge on any atom is -0.402 e. The third-order valence-corrected chi connectivity index (χ3v) is 27.9. The maximum Gasteiger partial charge on any atom is 0.218 e. The predicted molar refractivity (Wildman–Crippen MR) is 330 cm³/mol. The molecular weight excluding hydrogens is 1100 g/mol. The van der Waals surface area contributed by atoms with Crippen molar-refractivity contribution < 1.29 is 52.8 Å². The molecule has 32 rings (SSSR count). The van der Waals surface area contributed by atoms with Crippen molar-refractivity contribution in [3.05, 3.63) is 66.8 Å². The molecule has 20 aromatic rings. The standard InChI is InChI=1S/C75H36O11Si/c1-65(2,3)80-83-68-53-43-33-24-18-13-14-16-17-15(13)20-26(24)37-39-29(20)31-28(17)32-30-21(16)27-25-19(14)23-22(18)34(33)44-45-35(23)36(25)46-48-38(27)40(30)50-52-42(32)41(31)51-49(39)59(57(68)47(37)43)71-62-61(68)63(76)69(54(44)53,84-81-66(4,5)6)55(45)56(46)70(85-82-67(7,8)9)58(48)60(50)74(72(62,79-74)64(70)77)75(52,73(51,71)78-71)86-87(10,11)12/h1-12H3/t68-,69+,70+,71+,72+,73+,74-,75+/m1/s1. The fourth-order valence-corrected chi connectivity index (χ4v) is 28.0. The van der Waals surface area contributed by atoms with Crippen LogP contribution < -0.4 is 0 Å². The molecule has 10 aliphatic carbocycles. The van der Waals surface area contributed by atoms with Gasteiger partial charge in [0.15, 0.2) is 41.9 Å². The van der Waals surface area contributed by atoms with E-state index in [4.69, 9.17) is 43.2 Å². The largest absolute Gasteiger partial charge is 0.402 e. The summed E-state index contributed by atoms with van der Waals surface area (Å²) in [5.41, 5.74) is -7.14. The molecule has 87 heavy (non-hydrogen) atoms. The smallest absolute Gasteiger partial charge is 0.218 e. The van der Waals surface area contributed by atoms with Gasteiger partial charge < -0.3 is 13.9 Å². The molecule has 12 aliphatic rings. The van der Waals surface area contributed by atoms with Crippen molar-refractivity contribution in [1.29, 1.82) is 0 Å². The number of rotatable bonds is 8. The number of Topliss-reactive ketones (excluding diaryl/α,β-unsaturated/α-hetero) is 2. The van der Waals surface area contributed by atoms with Gasteiger partial charge in [0, 0.05) is 66.8 Å². The Morgan fingerprint density at radius 3 is 1.01 bits per heavy atom. The van der Waals surface area contributed by atoms with E-state index >= 15 is 9.59 Å². The van der Waals surface area contributed by atoms with E-state index in [1.807, 2.05) is 62.3 Å². The lowest BCUT2D eigenvalue weighted by Crippen LogP contribution is -2.69. The minimum absolute atomic E-state index is 0.293. The molecule has 20 aromatic carbocycles. The number of hydrogen-bond donors (Lipinski definition) is 0. The third kappa shape index (κ3) is 2.44. The molecule has 2 saturated heterocycles. The van der Waals surface area contributed by atoms with Gasteiger partial charge in [0.25, 0.3) is 0 Å². The molecule has 2 aliphatic heterocycles. The number of epoxide rings is 2. The van der Waals surface area contributed by atoms with Gasteiger partial charge in [-0.25, -0.2) is 29.3 Å². The highest BCUT2D eigenvalue weighted by molar-refractivity contribution is 6.77. The fraction of sp³-hybridized carbons (Fsp3) is 0.307. The van der Waals surface area contributed by atoms with Crippen molar-refractivity contribution in [2.75, 3.05) is 0 Å². The summed E-state index contributed by atoms with van der Waals surface area (Å²) in [5.74, 6) is -0.672. The Bertz CT molecular complexity index is 7380. The van der Waals surface area contributed by atoms with E-state index in [1.54, 1.807) is 0 Å². The average molecular weight is 1140 g/mol. The van der Waals surface area contributed by atoms with E-state index in [1.165, 1.54) is 151 Å². The number of carbonyl (C=O) groups is 2. The topological polar surface area (TPSA) is 124 Å². The summed E-state index contributed by atoms with van der Waals surface area (Å²) in [6, 6.07) is 0. The first-order chi connectivity index (χ1) is 41.5. The summed E-state index contributed by atoms with van der Waals surface area (Å²) in [4.78, 5) is 83.3. The van der Waals surface area contributed by atoms with Crippen molar-refractivity contribution in [3.8, 4) is 0 Å². The highest BCUT2D eigenvalue weighted by Crippen LogP contribution is 3.01. The van der Waals surface area contributed by atoms with Crippen LogP contribution in [-0.2, 0) is 92.0 Å². The SMILES string of the molecule is CC(C)(C)OO[C@]12C(=O)C3=C4[C@@]56O[C@]57c5c8c9c%10c(c1c1c%11c2c2c%12c%13c(c%14c%15c%16c%17c%18c(c5c5c9c9c%19c%10c1c1c%10c%11c%12c%11c%12c%13c%15c%13c%17c%15c%18c5c9c5c%15c(c%13%12)c(c%11%10)c5c%191)[C@]7(O[Si](C)(C)C)[C@]%161O[C@]4%141)[C@@]32OOC(C)(C)C)[C@@]8(OOC(C)(C)C)C6=O. The number of carbonyl (C=O) groups excluding carboxylic acids is 2. The van der Waals surface area contributed by atoms with Crippen LogP contribution in [0.5, 0.6) is 0 Å². The molecule has 2 heterocycles. The first kappa shape index (κ1) is 40.3. The van der Waals surface area contributed by atoms with E-state index in [0.29, 0.717) is 22.3 Å². The number of benzene rings is 14. The van der Waals surface area contributed by atoms with E-state index in [-0.39, 0.29) is 11.6 Å². The molecule has 0 aromatic heterocycles. The Morgan fingerprint density at radius 1 is 0.310 bits per heavy atom. The summed E-state index contributed by atoms with van der Waals surface area (Å²) in [6.45, 7) is 24.9. The molecule has 0 unspecified atom stereocenters. The van der Waals surface area contributed by atoms with Crippen molar-refractivity contribution in [2.45, 2.75) is 144 Å². The van der Waals surface area contributed by atoms with Gasteiger partial charge in [-0.1, -0.05) is 0 Å². The van der Waals surface area contributed by atoms with Gasteiger partial charge >= 0.3 is 0 Å². The molecule has 406 valence electrons. The lowest BCUT2D eigenvalue weighted by molar-refractivity contribution is -0.401. The molecule has 0 bridgehead atoms. The zero-order valence-electron chi connectivity index (χ0n) is 48.5. The molecule has 3 fully saturated rings. The van der Waals surface area contributed by atoms with Crippen LogP contribution in [0.25, 0.3) is 205 Å². The van der Waals surface area contributed by atoms with Crippen LogP contribution in [0.3, 0.4) is 0 Å². The molecule has 12 heteroatoms. The Labute approximate surface area is 485 Å². The first-order valence-electron chi connectivity index (χ1n) is 31.6. The lowest BCUT2D eigenvalue weighted by atomic mass is 9.46. The highest BCUT2D eigenvalue weighted by atomic mass is 28.4. The highest BCUT2D eigenvalue weighted by Gasteiger charge is 3.10. The maximum atomic E-state index is 19.2. The summed E-state index contributed by atoms with van der Waals surface area (Å²) < 4.78 is 25.9. The quantitative estimate of drug-likeness (QED) is 0.0475. The van der Waals surface area contributed by atoms with Gasteiger partial charge in [0.1, 0.15) is 0 Å². The first-order valence-corrected chi connectivity index (χ1v) is 35.0. The number of ether oxygens (including phenoxy) is 2. The summed E-state index contributed by atoms with van der Waals surface area (Å²) in [7, 11) is -2.86. The van der Waals surface area contributed by atoms with Gasteiger partial charge in [0.05, 0.1) is 16.8 Å². The second-order valence-electron chi connectivity index (χ2n) is 34.1. The number of fused-ring (bicyclic) bond motifs is 3. The Balaban J connectivity index is 1.06. The van der Waals surface area contributed by atoms with Crippen LogP contribution in [0.15, 0.2) is 11.1 Å². The van der Waals surface area contributed by atoms with Crippen LogP contribution in [0.4, 0.5) is 0 Å². The Morgan fingerprint density at radius 2 is 0.598 bits per heavy atom. The molecule has 3 spiro atoms. The second kappa shape index (κ2) is 9.00. The number of ketones is 2. The Kier molecular flexibility index (Phi) is 4.17. The Hall–Kier alpha value is -7.30. The van der Waals surface area contributed by atoms with Crippen LogP contribution in [0, 0.1) is 0 Å². The molecule has 0 amide bonds. The molecular formula is C75H36O11Si. The predicted octanol–water partition coefficient (Wildman–Crippen LogP) is 15.9. The zero-order valence-corrected chi connectivity index (χ0v) is 49.5. The molecule has 0 N–H and O–H groups in total. The second-order valence-corrected chi connectivity index (χ2v) is 38.5. The van der Waals surface area contributed by atoms with E-state index in [9.17, 15) is 0 Å². The molecule has 11 nitrogen and oxygen atoms in total. The minimum atomic E-state index is -2.86. The van der Waals surface area contributed by atoms with Crippen molar-refractivity contribution in [2.24, 2.45) is 0 Å². The average Bonchev–Trinajstić information content (AvgIpc) is 1.35. The van der Waals surface area contributed by atoms with Gasteiger partial charge in [0.2, 0.25) is 22.8 Å². The third-order valence-electron chi connectivity index (χ3n) is 27.0. The monoisotopic (exact) mass is 1140 g/mol. The van der Waals surface area contributed by atoms with E-state index in [2.05, 4.69) is 19.6 Å². The fourth-order valence-electron chi connectivity index (χ4n) is 26.7. The zero-order chi connectivity index (χ0) is 56.4. The van der Waals surface area contributed by atoms with Crippen LogP contribution in [-0.4, -0.2) is 42.3 Å². The van der Waals surface area contributed by atoms with E-state index in [0.717, 1.165) is 98.4 Å². The lowest BCUT2D eigenvalue weighted by Gasteiger charge is -2.54. The van der Waals surface area contributed by atoms with E-state index < -0.39 is 69.9 Å². The van der Waals surface area contributed by atoms with Crippen molar-refractivity contribution in [3.63, 3.8) is 0 Å².